The molecule has 3 unspecified atom stereocenters. The summed E-state index contributed by atoms with van der Waals surface area (Å²) in [5, 5.41) is 10.7. The SMILES string of the molecule is CC1CCC(NCc2cnn(C)c2NC(=O)OC(C)(C)C)CC1C. The monoisotopic (exact) mass is 336 g/mol. The number of aromatic nitrogens is 2. The standard InChI is InChI=1S/C18H32N4O2/c1-12-7-8-15(9-13(12)2)19-10-14-11-20-22(6)16(14)21-17(23)24-18(3,4)5/h11-13,15,19H,7-10H2,1-6H3,(H,21,23). The van der Waals surface area contributed by atoms with E-state index in [4.69, 9.17) is 4.74 Å². The van der Waals surface area contributed by atoms with Gasteiger partial charge in [0.2, 0.25) is 0 Å². The molecule has 0 saturated heterocycles. The number of ether oxygens (including phenoxy) is 1. The molecule has 1 aliphatic rings. The Morgan fingerprint density at radius 1 is 1.33 bits per heavy atom. The predicted octanol–water partition coefficient (Wildman–Crippen LogP) is 3.68. The van der Waals surface area contributed by atoms with Gasteiger partial charge < -0.3 is 10.1 Å². The number of nitrogens with zero attached hydrogens (tertiary/aromatic N) is 2. The van der Waals surface area contributed by atoms with E-state index in [1.165, 1.54) is 19.3 Å². The fourth-order valence-corrected chi connectivity index (χ4v) is 3.16. The zero-order chi connectivity index (χ0) is 17.9. The highest BCUT2D eigenvalue weighted by molar-refractivity contribution is 5.84. The Morgan fingerprint density at radius 2 is 2.04 bits per heavy atom. The first-order valence-corrected chi connectivity index (χ1v) is 8.90. The number of hydrogen-bond acceptors (Lipinski definition) is 4. The number of amides is 1. The summed E-state index contributed by atoms with van der Waals surface area (Å²) in [5.74, 6) is 2.25. The van der Waals surface area contributed by atoms with Crippen molar-refractivity contribution < 1.29 is 9.53 Å². The van der Waals surface area contributed by atoms with E-state index in [0.717, 1.165) is 17.4 Å². The summed E-state index contributed by atoms with van der Waals surface area (Å²) in [6, 6.07) is 0.533. The fourth-order valence-electron chi connectivity index (χ4n) is 3.16. The van der Waals surface area contributed by atoms with Gasteiger partial charge >= 0.3 is 6.09 Å². The smallest absolute Gasteiger partial charge is 0.413 e. The Bertz CT molecular complexity index is 562. The molecule has 1 aliphatic carbocycles. The number of carbonyl (C=O) groups is 1. The maximum Gasteiger partial charge on any atom is 0.413 e. The van der Waals surface area contributed by atoms with Crippen molar-refractivity contribution in [3.8, 4) is 0 Å². The molecule has 0 radical (unpaired) electrons. The Morgan fingerprint density at radius 3 is 2.67 bits per heavy atom. The molecule has 6 heteroatoms. The van der Waals surface area contributed by atoms with Crippen molar-refractivity contribution in [2.24, 2.45) is 18.9 Å². The lowest BCUT2D eigenvalue weighted by Gasteiger charge is -2.32. The van der Waals surface area contributed by atoms with Gasteiger partial charge in [-0.3, -0.25) is 10.00 Å². The average molecular weight is 336 g/mol. The quantitative estimate of drug-likeness (QED) is 0.880. The first kappa shape index (κ1) is 18.8. The van der Waals surface area contributed by atoms with E-state index < -0.39 is 11.7 Å². The second kappa shape index (κ2) is 7.55. The predicted molar refractivity (Wildman–Crippen MR) is 95.9 cm³/mol. The van der Waals surface area contributed by atoms with Crippen LogP contribution in [0.1, 0.15) is 59.4 Å². The highest BCUT2D eigenvalue weighted by atomic mass is 16.6. The minimum Gasteiger partial charge on any atom is -0.444 e. The van der Waals surface area contributed by atoms with E-state index in [-0.39, 0.29) is 0 Å². The molecule has 1 amide bonds. The van der Waals surface area contributed by atoms with Crippen LogP contribution in [0.4, 0.5) is 10.6 Å². The van der Waals surface area contributed by atoms with Crippen LogP contribution in [0.3, 0.4) is 0 Å². The van der Waals surface area contributed by atoms with Gasteiger partial charge in [-0.1, -0.05) is 13.8 Å². The summed E-state index contributed by atoms with van der Waals surface area (Å²) in [4.78, 5) is 12.0. The highest BCUT2D eigenvalue weighted by Gasteiger charge is 2.25. The first-order valence-electron chi connectivity index (χ1n) is 8.90. The van der Waals surface area contributed by atoms with Gasteiger partial charge in [0.25, 0.3) is 0 Å². The van der Waals surface area contributed by atoms with Crippen LogP contribution in [0, 0.1) is 11.8 Å². The molecule has 2 rings (SSSR count). The third-order valence-corrected chi connectivity index (χ3v) is 4.81. The van der Waals surface area contributed by atoms with Gasteiger partial charge in [0, 0.05) is 25.2 Å². The van der Waals surface area contributed by atoms with Gasteiger partial charge in [-0.05, 0) is 51.9 Å². The third kappa shape index (κ3) is 5.23. The summed E-state index contributed by atoms with van der Waals surface area (Å²) in [6.07, 6.45) is 5.04. The van der Waals surface area contributed by atoms with E-state index >= 15 is 0 Å². The van der Waals surface area contributed by atoms with Gasteiger partial charge in [0.15, 0.2) is 0 Å². The molecule has 6 nitrogen and oxygen atoms in total. The van der Waals surface area contributed by atoms with Crippen LogP contribution < -0.4 is 10.6 Å². The number of anilines is 1. The van der Waals surface area contributed by atoms with Crippen molar-refractivity contribution in [1.29, 1.82) is 0 Å². The van der Waals surface area contributed by atoms with Crippen molar-refractivity contribution in [3.63, 3.8) is 0 Å². The number of aryl methyl sites for hydroxylation is 1. The molecule has 0 aromatic carbocycles. The molecule has 1 fully saturated rings. The summed E-state index contributed by atoms with van der Waals surface area (Å²) < 4.78 is 7.00. The average Bonchev–Trinajstić information content (AvgIpc) is 2.79. The molecule has 1 aromatic rings. The normalized spacial score (nSPS) is 24.7. The lowest BCUT2D eigenvalue weighted by atomic mass is 9.79. The molecule has 0 aliphatic heterocycles. The first-order chi connectivity index (χ1) is 11.2. The van der Waals surface area contributed by atoms with Crippen LogP contribution >= 0.6 is 0 Å². The topological polar surface area (TPSA) is 68.2 Å². The van der Waals surface area contributed by atoms with Gasteiger partial charge in [-0.25, -0.2) is 4.79 Å². The van der Waals surface area contributed by atoms with E-state index in [9.17, 15) is 4.79 Å². The molecule has 2 N–H and O–H groups in total. The van der Waals surface area contributed by atoms with Crippen molar-refractivity contribution in [1.82, 2.24) is 15.1 Å². The van der Waals surface area contributed by atoms with Crippen LogP contribution in [0.25, 0.3) is 0 Å². The lowest BCUT2D eigenvalue weighted by Crippen LogP contribution is -2.36. The summed E-state index contributed by atoms with van der Waals surface area (Å²) in [7, 11) is 1.82. The molecule has 24 heavy (non-hydrogen) atoms. The molecule has 1 saturated carbocycles. The minimum atomic E-state index is -0.518. The minimum absolute atomic E-state index is 0.451. The Hall–Kier alpha value is -1.56. The van der Waals surface area contributed by atoms with E-state index in [1.807, 2.05) is 27.8 Å². The maximum atomic E-state index is 12.0. The largest absolute Gasteiger partial charge is 0.444 e. The van der Waals surface area contributed by atoms with Crippen LogP contribution in [0.15, 0.2) is 6.20 Å². The number of hydrogen-bond donors (Lipinski definition) is 2. The van der Waals surface area contributed by atoms with E-state index in [0.29, 0.717) is 18.4 Å². The molecule has 0 spiro atoms. The molecular formula is C18H32N4O2. The molecular weight excluding hydrogens is 304 g/mol. The summed E-state index contributed by atoms with van der Waals surface area (Å²) in [5.41, 5.74) is 0.463. The van der Waals surface area contributed by atoms with Gasteiger partial charge in [-0.15, -0.1) is 0 Å². The second-order valence-electron chi connectivity index (χ2n) is 8.11. The Labute approximate surface area is 145 Å². The van der Waals surface area contributed by atoms with Gasteiger partial charge in [-0.2, -0.15) is 5.10 Å². The molecule has 136 valence electrons. The second-order valence-corrected chi connectivity index (χ2v) is 8.11. The Kier molecular flexibility index (Phi) is 5.91. The maximum absolute atomic E-state index is 12.0. The highest BCUT2D eigenvalue weighted by Crippen LogP contribution is 2.29. The van der Waals surface area contributed by atoms with Crippen molar-refractivity contribution >= 4 is 11.9 Å². The molecule has 1 heterocycles. The van der Waals surface area contributed by atoms with Gasteiger partial charge in [0.05, 0.1) is 6.20 Å². The fraction of sp³-hybridized carbons (Fsp3) is 0.778. The van der Waals surface area contributed by atoms with E-state index in [1.54, 1.807) is 10.9 Å². The number of rotatable bonds is 4. The molecule has 1 aromatic heterocycles. The zero-order valence-corrected chi connectivity index (χ0v) is 15.8. The van der Waals surface area contributed by atoms with Crippen LogP contribution in [0.2, 0.25) is 0 Å². The molecule has 3 atom stereocenters. The number of nitrogens with one attached hydrogen (secondary N) is 2. The van der Waals surface area contributed by atoms with Crippen molar-refractivity contribution in [2.45, 2.75) is 72.1 Å². The van der Waals surface area contributed by atoms with E-state index in [2.05, 4.69) is 29.6 Å². The third-order valence-electron chi connectivity index (χ3n) is 4.81. The van der Waals surface area contributed by atoms with Crippen LogP contribution in [0.5, 0.6) is 0 Å². The van der Waals surface area contributed by atoms with Crippen molar-refractivity contribution in [3.05, 3.63) is 11.8 Å². The Balaban J connectivity index is 1.93. The number of carbonyl (C=O) groups excluding carboxylic acids is 1. The van der Waals surface area contributed by atoms with Crippen LogP contribution in [-0.2, 0) is 18.3 Å². The summed E-state index contributed by atoms with van der Waals surface area (Å²) in [6.45, 7) is 10.9. The molecule has 0 bridgehead atoms. The van der Waals surface area contributed by atoms with Crippen molar-refractivity contribution in [2.75, 3.05) is 5.32 Å². The lowest BCUT2D eigenvalue weighted by molar-refractivity contribution is 0.0634. The summed E-state index contributed by atoms with van der Waals surface area (Å²) >= 11 is 0. The zero-order valence-electron chi connectivity index (χ0n) is 15.8. The van der Waals surface area contributed by atoms with Gasteiger partial charge in [0.1, 0.15) is 11.4 Å². The van der Waals surface area contributed by atoms with Crippen LogP contribution in [-0.4, -0.2) is 27.5 Å².